The minimum Gasteiger partial charge on any atom is -0.494 e. The third-order valence-electron chi connectivity index (χ3n) is 2.62. The number of carbonyl (C=O) groups excluding carboxylic acids is 1. The molecule has 20 heavy (non-hydrogen) atoms. The van der Waals surface area contributed by atoms with Crippen LogP contribution in [0.2, 0.25) is 0 Å². The zero-order chi connectivity index (χ0) is 15.0. The van der Waals surface area contributed by atoms with E-state index in [1.54, 1.807) is 24.3 Å². The molecule has 7 heteroatoms. The molecule has 0 aliphatic rings. The SMILES string of the molecule is COC(=O)c1ccc(OCCCCCS(N)(=O)=O)cc1. The molecule has 0 atom stereocenters. The molecule has 0 radical (unpaired) electrons. The molecule has 0 aromatic heterocycles. The number of ether oxygens (including phenoxy) is 2. The molecule has 0 saturated carbocycles. The highest BCUT2D eigenvalue weighted by Crippen LogP contribution is 2.13. The first kappa shape index (κ1) is 16.5. The van der Waals surface area contributed by atoms with Gasteiger partial charge in [0, 0.05) is 0 Å². The standard InChI is InChI=1S/C13H19NO5S/c1-18-13(15)11-5-7-12(8-6-11)19-9-3-2-4-10-20(14,16)17/h5-8H,2-4,9-10H2,1H3,(H2,14,16,17). The minimum atomic E-state index is -3.36. The molecule has 0 bridgehead atoms. The van der Waals surface area contributed by atoms with E-state index in [0.29, 0.717) is 24.3 Å². The van der Waals surface area contributed by atoms with E-state index in [1.165, 1.54) is 7.11 Å². The van der Waals surface area contributed by atoms with E-state index in [1.807, 2.05) is 0 Å². The second-order valence-corrected chi connectivity index (χ2v) is 6.03. The molecule has 6 nitrogen and oxygen atoms in total. The predicted molar refractivity (Wildman–Crippen MR) is 75.1 cm³/mol. The van der Waals surface area contributed by atoms with Crippen LogP contribution in [0.5, 0.6) is 5.75 Å². The highest BCUT2D eigenvalue weighted by atomic mass is 32.2. The van der Waals surface area contributed by atoms with Crippen molar-refractivity contribution in [2.24, 2.45) is 5.14 Å². The molecule has 0 fully saturated rings. The fourth-order valence-corrected chi connectivity index (χ4v) is 2.18. The Morgan fingerprint density at radius 1 is 1.15 bits per heavy atom. The topological polar surface area (TPSA) is 95.7 Å². The van der Waals surface area contributed by atoms with Crippen LogP contribution in [-0.2, 0) is 14.8 Å². The van der Waals surface area contributed by atoms with Crippen LogP contribution < -0.4 is 9.88 Å². The van der Waals surface area contributed by atoms with E-state index in [-0.39, 0.29) is 11.7 Å². The highest BCUT2D eigenvalue weighted by molar-refractivity contribution is 7.89. The minimum absolute atomic E-state index is 0.000820. The Bertz CT molecular complexity index is 524. The van der Waals surface area contributed by atoms with E-state index in [0.717, 1.165) is 12.8 Å². The molecule has 112 valence electrons. The molecule has 0 saturated heterocycles. The third kappa shape index (κ3) is 6.53. The maximum atomic E-state index is 11.2. The van der Waals surface area contributed by atoms with Gasteiger partial charge in [0.25, 0.3) is 0 Å². The van der Waals surface area contributed by atoms with Crippen molar-refractivity contribution in [3.05, 3.63) is 29.8 Å². The lowest BCUT2D eigenvalue weighted by Gasteiger charge is -2.06. The summed E-state index contributed by atoms with van der Waals surface area (Å²) in [6.07, 6.45) is 2.01. The fraction of sp³-hybridized carbons (Fsp3) is 0.462. The smallest absolute Gasteiger partial charge is 0.337 e. The van der Waals surface area contributed by atoms with Crippen LogP contribution >= 0.6 is 0 Å². The van der Waals surface area contributed by atoms with Gasteiger partial charge in [0.15, 0.2) is 0 Å². The first-order valence-corrected chi connectivity index (χ1v) is 7.95. The summed E-state index contributed by atoms with van der Waals surface area (Å²) in [4.78, 5) is 11.2. The summed E-state index contributed by atoms with van der Waals surface area (Å²) < 4.78 is 31.5. The summed E-state index contributed by atoms with van der Waals surface area (Å²) in [6, 6.07) is 6.64. The van der Waals surface area contributed by atoms with Crippen molar-refractivity contribution in [1.29, 1.82) is 0 Å². The normalized spacial score (nSPS) is 11.1. The maximum Gasteiger partial charge on any atom is 0.337 e. The summed E-state index contributed by atoms with van der Waals surface area (Å²) >= 11 is 0. The van der Waals surface area contributed by atoms with Crippen molar-refractivity contribution in [2.75, 3.05) is 19.5 Å². The van der Waals surface area contributed by atoms with Crippen molar-refractivity contribution in [1.82, 2.24) is 0 Å². The summed E-state index contributed by atoms with van der Waals surface area (Å²) in [7, 11) is -2.04. The molecule has 0 aliphatic heterocycles. The van der Waals surface area contributed by atoms with Gasteiger partial charge in [0.1, 0.15) is 5.75 Å². The number of unbranched alkanes of at least 4 members (excludes halogenated alkanes) is 2. The lowest BCUT2D eigenvalue weighted by Crippen LogP contribution is -2.16. The zero-order valence-corrected chi connectivity index (χ0v) is 12.2. The van der Waals surface area contributed by atoms with Gasteiger partial charge in [-0.05, 0) is 43.5 Å². The van der Waals surface area contributed by atoms with Gasteiger partial charge in [-0.1, -0.05) is 0 Å². The summed E-state index contributed by atoms with van der Waals surface area (Å²) in [5.41, 5.74) is 0.466. The second kappa shape index (κ2) is 7.86. The average molecular weight is 301 g/mol. The molecule has 0 aliphatic carbocycles. The average Bonchev–Trinajstić information content (AvgIpc) is 2.41. The Morgan fingerprint density at radius 3 is 2.35 bits per heavy atom. The first-order valence-electron chi connectivity index (χ1n) is 6.24. The lowest BCUT2D eigenvalue weighted by molar-refractivity contribution is 0.0600. The predicted octanol–water partition coefficient (Wildman–Crippen LogP) is 1.31. The van der Waals surface area contributed by atoms with Crippen molar-refractivity contribution in [3.8, 4) is 5.75 Å². The number of rotatable bonds is 8. The van der Waals surface area contributed by atoms with E-state index in [4.69, 9.17) is 9.88 Å². The highest BCUT2D eigenvalue weighted by Gasteiger charge is 2.05. The van der Waals surface area contributed by atoms with Crippen LogP contribution in [0.25, 0.3) is 0 Å². The molecule has 1 aromatic carbocycles. The van der Waals surface area contributed by atoms with Gasteiger partial charge in [0.2, 0.25) is 10.0 Å². The molecule has 1 aromatic rings. The maximum absolute atomic E-state index is 11.2. The molecular formula is C13H19NO5S. The third-order valence-corrected chi connectivity index (χ3v) is 3.48. The van der Waals surface area contributed by atoms with E-state index < -0.39 is 10.0 Å². The Balaban J connectivity index is 2.24. The number of hydrogen-bond donors (Lipinski definition) is 1. The number of primary sulfonamides is 1. The summed E-state index contributed by atoms with van der Waals surface area (Å²) in [6.45, 7) is 0.488. The molecule has 1 rings (SSSR count). The Kier molecular flexibility index (Phi) is 6.47. The summed E-state index contributed by atoms with van der Waals surface area (Å²) in [5.74, 6) is 0.268. The molecule has 2 N–H and O–H groups in total. The van der Waals surface area contributed by atoms with Gasteiger partial charge in [-0.3, -0.25) is 0 Å². The van der Waals surface area contributed by atoms with E-state index in [2.05, 4.69) is 4.74 Å². The van der Waals surface area contributed by atoms with Crippen LogP contribution in [0.1, 0.15) is 29.6 Å². The number of esters is 1. The molecular weight excluding hydrogens is 282 g/mol. The zero-order valence-electron chi connectivity index (χ0n) is 11.4. The molecule has 0 heterocycles. The van der Waals surface area contributed by atoms with Gasteiger partial charge in [-0.25, -0.2) is 18.4 Å². The van der Waals surface area contributed by atoms with Gasteiger partial charge in [0.05, 0.1) is 25.0 Å². The van der Waals surface area contributed by atoms with Crippen molar-refractivity contribution < 1.29 is 22.7 Å². The van der Waals surface area contributed by atoms with E-state index >= 15 is 0 Å². The number of methoxy groups -OCH3 is 1. The first-order chi connectivity index (χ1) is 9.42. The van der Waals surface area contributed by atoms with Crippen LogP contribution in [0, 0.1) is 0 Å². The number of nitrogens with two attached hydrogens (primary N) is 1. The lowest BCUT2D eigenvalue weighted by atomic mass is 10.2. The number of benzene rings is 1. The quantitative estimate of drug-likeness (QED) is 0.577. The number of hydrogen-bond acceptors (Lipinski definition) is 5. The monoisotopic (exact) mass is 301 g/mol. The van der Waals surface area contributed by atoms with Crippen molar-refractivity contribution >= 4 is 16.0 Å². The van der Waals surface area contributed by atoms with Gasteiger partial charge >= 0.3 is 5.97 Å². The van der Waals surface area contributed by atoms with Gasteiger partial charge in [-0.2, -0.15) is 0 Å². The van der Waals surface area contributed by atoms with E-state index in [9.17, 15) is 13.2 Å². The Labute approximate surface area is 118 Å². The van der Waals surface area contributed by atoms with Gasteiger partial charge in [-0.15, -0.1) is 0 Å². The second-order valence-electron chi connectivity index (χ2n) is 4.29. The molecule has 0 unspecified atom stereocenters. The largest absolute Gasteiger partial charge is 0.494 e. The fourth-order valence-electron chi connectivity index (χ4n) is 1.58. The number of carbonyl (C=O) groups is 1. The summed E-state index contributed by atoms with van der Waals surface area (Å²) in [5, 5.41) is 4.89. The van der Waals surface area contributed by atoms with Gasteiger partial charge < -0.3 is 9.47 Å². The van der Waals surface area contributed by atoms with Crippen LogP contribution in [0.3, 0.4) is 0 Å². The number of sulfonamides is 1. The van der Waals surface area contributed by atoms with Crippen LogP contribution in [0.4, 0.5) is 0 Å². The molecule has 0 amide bonds. The van der Waals surface area contributed by atoms with Crippen molar-refractivity contribution in [3.63, 3.8) is 0 Å². The van der Waals surface area contributed by atoms with Crippen LogP contribution in [0.15, 0.2) is 24.3 Å². The molecule has 0 spiro atoms. The Hall–Kier alpha value is -1.60. The van der Waals surface area contributed by atoms with Crippen LogP contribution in [-0.4, -0.2) is 33.9 Å². The Morgan fingerprint density at radius 2 is 1.80 bits per heavy atom. The van der Waals surface area contributed by atoms with Crippen molar-refractivity contribution in [2.45, 2.75) is 19.3 Å².